The van der Waals surface area contributed by atoms with E-state index in [1.54, 1.807) is 25.1 Å². The number of amides is 1. The van der Waals surface area contributed by atoms with Crippen molar-refractivity contribution < 1.29 is 24.5 Å². The zero-order valence-electron chi connectivity index (χ0n) is 21.7. The molecule has 1 aliphatic heterocycles. The third-order valence-corrected chi connectivity index (χ3v) is 8.68. The van der Waals surface area contributed by atoms with Crippen molar-refractivity contribution in [3.8, 4) is 11.5 Å². The van der Waals surface area contributed by atoms with Crippen LogP contribution in [-0.4, -0.2) is 38.7 Å². The zero-order chi connectivity index (χ0) is 28.9. The molecule has 1 atom stereocenters. The summed E-state index contributed by atoms with van der Waals surface area (Å²) in [4.78, 5) is 28.2. The molecular formula is C30H24ClN3O5S2. The van der Waals surface area contributed by atoms with Gasteiger partial charge in [-0.15, -0.1) is 10.2 Å². The van der Waals surface area contributed by atoms with Crippen molar-refractivity contribution in [1.82, 2.24) is 10.2 Å². The first-order valence-electron chi connectivity index (χ1n) is 12.6. The SMILES string of the molecule is CCOc1cc(C2C(C(=O)/C=C/c3ccccc3)=C(O)C(=O)N2c2nnc(SCc3ccccc3Cl)s2)ccc1O. The molecule has 4 aromatic rings. The first kappa shape index (κ1) is 28.4. The topological polar surface area (TPSA) is 113 Å². The van der Waals surface area contributed by atoms with Crippen LogP contribution in [0.1, 0.15) is 29.7 Å². The highest BCUT2D eigenvalue weighted by molar-refractivity contribution is 8.00. The van der Waals surface area contributed by atoms with Gasteiger partial charge in [0.2, 0.25) is 5.13 Å². The first-order valence-corrected chi connectivity index (χ1v) is 14.7. The van der Waals surface area contributed by atoms with Crippen LogP contribution in [0.4, 0.5) is 5.13 Å². The lowest BCUT2D eigenvalue weighted by molar-refractivity contribution is -0.117. The van der Waals surface area contributed by atoms with Crippen LogP contribution in [0.5, 0.6) is 11.5 Å². The Morgan fingerprint density at radius 1 is 1.10 bits per heavy atom. The lowest BCUT2D eigenvalue weighted by atomic mass is 9.95. The molecule has 1 aromatic heterocycles. The molecule has 41 heavy (non-hydrogen) atoms. The van der Waals surface area contributed by atoms with Gasteiger partial charge >= 0.3 is 0 Å². The van der Waals surface area contributed by atoms with E-state index in [0.717, 1.165) is 22.5 Å². The van der Waals surface area contributed by atoms with Crippen LogP contribution < -0.4 is 9.64 Å². The number of aliphatic hydroxyl groups excluding tert-OH is 1. The summed E-state index contributed by atoms with van der Waals surface area (Å²) in [5.41, 5.74) is 2.04. The predicted molar refractivity (Wildman–Crippen MR) is 161 cm³/mol. The van der Waals surface area contributed by atoms with Crippen LogP contribution in [-0.2, 0) is 15.3 Å². The van der Waals surface area contributed by atoms with Crippen LogP contribution in [0.25, 0.3) is 6.08 Å². The number of hydrogen-bond acceptors (Lipinski definition) is 9. The van der Waals surface area contributed by atoms with Gasteiger partial charge in [-0.25, -0.2) is 0 Å². The van der Waals surface area contributed by atoms with Gasteiger partial charge in [-0.1, -0.05) is 95.4 Å². The monoisotopic (exact) mass is 605 g/mol. The largest absolute Gasteiger partial charge is 0.504 e. The smallest absolute Gasteiger partial charge is 0.296 e. The number of nitrogens with zero attached hydrogens (tertiary/aromatic N) is 3. The summed E-state index contributed by atoms with van der Waals surface area (Å²) in [6, 6.07) is 20.2. The highest BCUT2D eigenvalue weighted by Gasteiger charge is 2.45. The van der Waals surface area contributed by atoms with Gasteiger partial charge in [-0.05, 0) is 47.9 Å². The highest BCUT2D eigenvalue weighted by atomic mass is 35.5. The Morgan fingerprint density at radius 2 is 1.85 bits per heavy atom. The maximum atomic E-state index is 13.5. The van der Waals surface area contributed by atoms with Gasteiger partial charge in [0.05, 0.1) is 18.2 Å². The number of aliphatic hydroxyl groups is 1. The molecule has 0 spiro atoms. The molecule has 0 aliphatic carbocycles. The number of carbonyl (C=O) groups is 2. The number of anilines is 1. The second kappa shape index (κ2) is 12.6. The summed E-state index contributed by atoms with van der Waals surface area (Å²) in [5, 5.41) is 30.6. The summed E-state index contributed by atoms with van der Waals surface area (Å²) in [6.07, 6.45) is 2.93. The Bertz CT molecular complexity index is 1650. The molecule has 0 saturated heterocycles. The van der Waals surface area contributed by atoms with Crippen molar-refractivity contribution in [3.63, 3.8) is 0 Å². The van der Waals surface area contributed by atoms with Crippen molar-refractivity contribution in [2.45, 2.75) is 23.1 Å². The van der Waals surface area contributed by atoms with Crippen LogP contribution >= 0.6 is 34.7 Å². The first-order chi connectivity index (χ1) is 19.9. The second-order valence-corrected chi connectivity index (χ2v) is 11.4. The Labute approximate surface area is 249 Å². The molecule has 2 N–H and O–H groups in total. The van der Waals surface area contributed by atoms with Crippen LogP contribution in [0.15, 0.2) is 94.5 Å². The minimum atomic E-state index is -1.04. The number of rotatable bonds is 10. The van der Waals surface area contributed by atoms with E-state index >= 15 is 0 Å². The van der Waals surface area contributed by atoms with Crippen molar-refractivity contribution >= 4 is 57.6 Å². The molecule has 0 saturated carbocycles. The normalized spacial score (nSPS) is 15.2. The maximum absolute atomic E-state index is 13.5. The van der Waals surface area contributed by atoms with E-state index in [-0.39, 0.29) is 22.2 Å². The zero-order valence-corrected chi connectivity index (χ0v) is 24.1. The molecule has 1 unspecified atom stereocenters. The van der Waals surface area contributed by atoms with Gasteiger partial charge in [-0.3, -0.25) is 14.5 Å². The summed E-state index contributed by atoms with van der Waals surface area (Å²) in [7, 11) is 0. The van der Waals surface area contributed by atoms with E-state index in [2.05, 4.69) is 10.2 Å². The van der Waals surface area contributed by atoms with Crippen LogP contribution in [0.2, 0.25) is 5.02 Å². The molecule has 2 heterocycles. The fourth-order valence-electron chi connectivity index (χ4n) is 4.28. The number of ether oxygens (including phenoxy) is 1. The van der Waals surface area contributed by atoms with Gasteiger partial charge in [0, 0.05) is 10.8 Å². The van der Waals surface area contributed by atoms with E-state index in [9.17, 15) is 19.8 Å². The van der Waals surface area contributed by atoms with E-state index in [4.69, 9.17) is 16.3 Å². The molecular weight excluding hydrogens is 582 g/mol. The molecule has 0 radical (unpaired) electrons. The molecule has 0 fully saturated rings. The molecule has 1 aliphatic rings. The minimum Gasteiger partial charge on any atom is -0.504 e. The molecule has 11 heteroatoms. The highest BCUT2D eigenvalue weighted by Crippen LogP contribution is 2.45. The van der Waals surface area contributed by atoms with Crippen LogP contribution in [0.3, 0.4) is 0 Å². The Hall–Kier alpha value is -4.12. The van der Waals surface area contributed by atoms with Crippen molar-refractivity contribution in [2.24, 2.45) is 0 Å². The Morgan fingerprint density at radius 3 is 2.61 bits per heavy atom. The molecule has 208 valence electrons. The fourth-order valence-corrected chi connectivity index (χ4v) is 6.43. The number of allylic oxidation sites excluding steroid dienone is 1. The van der Waals surface area contributed by atoms with E-state index in [1.807, 2.05) is 54.6 Å². The van der Waals surface area contributed by atoms with Crippen molar-refractivity contribution in [3.05, 3.63) is 112 Å². The average molecular weight is 606 g/mol. The predicted octanol–water partition coefficient (Wildman–Crippen LogP) is 6.77. The van der Waals surface area contributed by atoms with Crippen molar-refractivity contribution in [1.29, 1.82) is 0 Å². The van der Waals surface area contributed by atoms with E-state index < -0.39 is 23.5 Å². The molecule has 8 nitrogen and oxygen atoms in total. The second-order valence-electron chi connectivity index (χ2n) is 8.84. The van der Waals surface area contributed by atoms with Gasteiger partial charge < -0.3 is 14.9 Å². The number of aromatic hydroxyl groups is 1. The lowest BCUT2D eigenvalue weighted by Crippen LogP contribution is -2.30. The quantitative estimate of drug-likeness (QED) is 0.116. The Balaban J connectivity index is 1.50. The summed E-state index contributed by atoms with van der Waals surface area (Å²) in [5.74, 6) is -1.37. The van der Waals surface area contributed by atoms with Gasteiger partial charge in [-0.2, -0.15) is 0 Å². The number of carbonyl (C=O) groups excluding carboxylic acids is 2. The number of phenols is 1. The standard InChI is InChI=1S/C30H24ClN3O5S2/c1-2-39-24-16-19(13-15-22(24)35)26-25(23(36)14-12-18-8-4-3-5-9-18)27(37)28(38)34(26)29-32-33-30(41-29)40-17-20-10-6-7-11-21(20)31/h3-16,26,35,37H,2,17H2,1H3/b14-12+. The fraction of sp³-hybridized carbons (Fsp3) is 0.133. The number of phenolic OH excluding ortho intramolecular Hbond substituents is 1. The third kappa shape index (κ3) is 6.14. The molecule has 5 rings (SSSR count). The van der Waals surface area contributed by atoms with Crippen LogP contribution in [0, 0.1) is 0 Å². The summed E-state index contributed by atoms with van der Waals surface area (Å²) >= 11 is 8.84. The average Bonchev–Trinajstić information content (AvgIpc) is 3.55. The molecule has 3 aromatic carbocycles. The van der Waals surface area contributed by atoms with Gasteiger partial charge in [0.25, 0.3) is 5.91 Å². The number of hydrogen-bond donors (Lipinski definition) is 2. The van der Waals surface area contributed by atoms with E-state index in [0.29, 0.717) is 27.3 Å². The Kier molecular flexibility index (Phi) is 8.72. The summed E-state index contributed by atoms with van der Waals surface area (Å²) in [6.45, 7) is 2.06. The van der Waals surface area contributed by atoms with Gasteiger partial charge in [0.1, 0.15) is 0 Å². The number of ketones is 1. The van der Waals surface area contributed by atoms with E-state index in [1.165, 1.54) is 28.8 Å². The molecule has 0 bridgehead atoms. The number of thioether (sulfide) groups is 1. The van der Waals surface area contributed by atoms with Gasteiger partial charge in [0.15, 0.2) is 27.4 Å². The lowest BCUT2D eigenvalue weighted by Gasteiger charge is -2.24. The number of benzene rings is 3. The number of halogens is 1. The summed E-state index contributed by atoms with van der Waals surface area (Å²) < 4.78 is 6.13. The third-order valence-electron chi connectivity index (χ3n) is 6.21. The minimum absolute atomic E-state index is 0.0919. The molecule has 1 amide bonds. The van der Waals surface area contributed by atoms with Crippen molar-refractivity contribution in [2.75, 3.05) is 11.5 Å². The maximum Gasteiger partial charge on any atom is 0.296 e. The number of aromatic nitrogens is 2.